The van der Waals surface area contributed by atoms with Crippen LogP contribution in [0.5, 0.6) is 0 Å². The fourth-order valence-corrected chi connectivity index (χ4v) is 3.98. The predicted molar refractivity (Wildman–Crippen MR) is 136 cm³/mol. The molecule has 3 heterocycles. The summed E-state index contributed by atoms with van der Waals surface area (Å²) in [4.78, 5) is 32.6. The number of nitrogens with zero attached hydrogens (tertiary/aromatic N) is 4. The Balaban J connectivity index is 0.000000917. The summed E-state index contributed by atoms with van der Waals surface area (Å²) in [6.45, 7) is 1.78. The second-order valence-corrected chi connectivity index (χ2v) is 8.03. The molecule has 5 aromatic rings. The quantitative estimate of drug-likeness (QED) is 0.388. The third-order valence-corrected chi connectivity index (χ3v) is 5.59. The summed E-state index contributed by atoms with van der Waals surface area (Å²) < 4.78 is 16.9. The van der Waals surface area contributed by atoms with Crippen LogP contribution in [0.2, 0.25) is 0 Å². The molecule has 9 heteroatoms. The maximum Gasteiger partial charge on any atom is 0.333 e. The minimum absolute atomic E-state index is 0.236. The Morgan fingerprint density at radius 2 is 1.71 bits per heavy atom. The molecule has 0 aliphatic carbocycles. The van der Waals surface area contributed by atoms with Crippen molar-refractivity contribution in [2.45, 2.75) is 6.92 Å². The second kappa shape index (κ2) is 9.86. The fraction of sp³-hybridized carbons (Fsp3) is 0.154. The molecule has 0 radical (unpaired) electrons. The molecule has 2 aromatic carbocycles. The van der Waals surface area contributed by atoms with Crippen LogP contribution in [-0.4, -0.2) is 39.6 Å². The topological polar surface area (TPSA) is 93.8 Å². The van der Waals surface area contributed by atoms with E-state index >= 15 is 0 Å². The molecule has 35 heavy (non-hydrogen) atoms. The predicted octanol–water partition coefficient (Wildman–Crippen LogP) is 3.79. The molecule has 0 fully saturated rings. The van der Waals surface area contributed by atoms with Crippen LogP contribution in [0.25, 0.3) is 38.8 Å². The summed E-state index contributed by atoms with van der Waals surface area (Å²) in [5, 5.41) is 6.05. The first-order chi connectivity index (χ1) is 16.9. The molecule has 0 aliphatic heterocycles. The van der Waals surface area contributed by atoms with Crippen molar-refractivity contribution in [3.63, 3.8) is 0 Å². The number of nitrogens with one attached hydrogen (secondary N) is 2. The Morgan fingerprint density at radius 3 is 2.37 bits per heavy atom. The van der Waals surface area contributed by atoms with Crippen molar-refractivity contribution in [3.05, 3.63) is 82.8 Å². The van der Waals surface area contributed by atoms with Gasteiger partial charge in [-0.15, -0.1) is 0 Å². The van der Waals surface area contributed by atoms with Gasteiger partial charge < -0.3 is 10.6 Å². The first kappa shape index (κ1) is 23.8. The zero-order valence-corrected chi connectivity index (χ0v) is 19.8. The van der Waals surface area contributed by atoms with Gasteiger partial charge in [0.15, 0.2) is 0 Å². The summed E-state index contributed by atoms with van der Waals surface area (Å²) in [7, 11) is 5.44. The van der Waals surface area contributed by atoms with Gasteiger partial charge in [0.25, 0.3) is 0 Å². The highest BCUT2D eigenvalue weighted by Crippen LogP contribution is 2.30. The van der Waals surface area contributed by atoms with Crippen LogP contribution < -0.4 is 16.3 Å². The van der Waals surface area contributed by atoms with Crippen molar-refractivity contribution in [1.29, 1.82) is 0 Å². The van der Waals surface area contributed by atoms with Gasteiger partial charge in [0.2, 0.25) is 6.41 Å². The third kappa shape index (κ3) is 4.41. The maximum atomic E-state index is 13.7. The van der Waals surface area contributed by atoms with Gasteiger partial charge in [-0.3, -0.25) is 18.9 Å². The van der Waals surface area contributed by atoms with Crippen molar-refractivity contribution >= 4 is 34.2 Å². The molecular formula is C26H25FN6O2. The summed E-state index contributed by atoms with van der Waals surface area (Å²) in [5.74, 6) is 0.102. The zero-order valence-electron chi connectivity index (χ0n) is 19.8. The highest BCUT2D eigenvalue weighted by atomic mass is 19.1. The van der Waals surface area contributed by atoms with Crippen LogP contribution in [0, 0.1) is 12.7 Å². The highest BCUT2D eigenvalue weighted by Gasteiger charge is 2.18. The molecule has 178 valence electrons. The molecule has 0 spiro atoms. The van der Waals surface area contributed by atoms with E-state index in [4.69, 9.17) is 0 Å². The molecule has 2 N–H and O–H groups in total. The van der Waals surface area contributed by atoms with Crippen LogP contribution in [0.15, 0.2) is 65.7 Å². The van der Waals surface area contributed by atoms with E-state index in [1.165, 1.54) is 12.1 Å². The minimum Gasteiger partial charge on any atom is -0.323 e. The number of pyridine rings is 2. The molecule has 0 atom stereocenters. The van der Waals surface area contributed by atoms with Gasteiger partial charge in [0, 0.05) is 24.2 Å². The first-order valence-corrected chi connectivity index (χ1v) is 10.9. The summed E-state index contributed by atoms with van der Waals surface area (Å²) >= 11 is 0. The number of carbonyl (C=O) groups excluding carboxylic acids is 1. The molecule has 0 aliphatic rings. The monoisotopic (exact) mass is 472 g/mol. The minimum atomic E-state index is -0.353. The molecule has 0 bridgehead atoms. The Kier molecular flexibility index (Phi) is 6.70. The number of rotatable bonds is 4. The van der Waals surface area contributed by atoms with E-state index in [2.05, 4.69) is 20.6 Å². The van der Waals surface area contributed by atoms with Crippen molar-refractivity contribution in [2.24, 2.45) is 7.05 Å². The van der Waals surface area contributed by atoms with E-state index in [1.807, 2.05) is 38.4 Å². The highest BCUT2D eigenvalue weighted by molar-refractivity contribution is 6.04. The molecule has 1 amide bonds. The van der Waals surface area contributed by atoms with Crippen molar-refractivity contribution in [2.75, 3.05) is 19.4 Å². The van der Waals surface area contributed by atoms with E-state index < -0.39 is 0 Å². The first-order valence-electron chi connectivity index (χ1n) is 10.9. The Bertz CT molecular complexity index is 1590. The molecule has 0 saturated heterocycles. The number of carbonyl (C=O) groups is 1. The number of aromatic nitrogens is 4. The van der Waals surface area contributed by atoms with E-state index in [0.29, 0.717) is 34.5 Å². The Morgan fingerprint density at radius 1 is 0.971 bits per heavy atom. The van der Waals surface area contributed by atoms with Crippen molar-refractivity contribution in [1.82, 2.24) is 24.4 Å². The summed E-state index contributed by atoms with van der Waals surface area (Å²) in [6.07, 6.45) is 3.92. The lowest BCUT2D eigenvalue weighted by molar-refractivity contribution is -0.105. The summed E-state index contributed by atoms with van der Waals surface area (Å²) in [5.41, 5.74) is 4.87. The number of amides is 1. The van der Waals surface area contributed by atoms with Gasteiger partial charge in [-0.05, 0) is 74.6 Å². The smallest absolute Gasteiger partial charge is 0.323 e. The van der Waals surface area contributed by atoms with Gasteiger partial charge in [-0.25, -0.2) is 14.2 Å². The third-order valence-electron chi connectivity index (χ3n) is 5.59. The molecule has 3 aromatic heterocycles. The molecule has 0 saturated carbocycles. The lowest BCUT2D eigenvalue weighted by Crippen LogP contribution is -2.21. The number of benzene rings is 2. The normalized spacial score (nSPS) is 10.8. The number of anilines is 1. The van der Waals surface area contributed by atoms with Crippen LogP contribution in [-0.2, 0) is 11.8 Å². The fourth-order valence-electron chi connectivity index (χ4n) is 3.98. The van der Waals surface area contributed by atoms with Gasteiger partial charge in [-0.1, -0.05) is 6.07 Å². The average Bonchev–Trinajstić information content (AvgIpc) is 3.10. The summed E-state index contributed by atoms with van der Waals surface area (Å²) in [6, 6.07) is 13.7. The number of aryl methyl sites for hydroxylation is 2. The van der Waals surface area contributed by atoms with Crippen molar-refractivity contribution < 1.29 is 9.18 Å². The lowest BCUT2D eigenvalue weighted by Gasteiger charge is -2.10. The Labute approximate surface area is 201 Å². The van der Waals surface area contributed by atoms with E-state index in [0.717, 1.165) is 22.0 Å². The van der Waals surface area contributed by atoms with E-state index in [-0.39, 0.29) is 11.5 Å². The van der Waals surface area contributed by atoms with Crippen LogP contribution in [0.3, 0.4) is 0 Å². The molecule has 8 nitrogen and oxygen atoms in total. The van der Waals surface area contributed by atoms with E-state index in [1.54, 1.807) is 47.6 Å². The largest absolute Gasteiger partial charge is 0.333 e. The van der Waals surface area contributed by atoms with Crippen LogP contribution in [0.1, 0.15) is 5.56 Å². The maximum absolute atomic E-state index is 13.7. The number of hydrogen-bond donors (Lipinski definition) is 2. The number of hydrogen-bond acceptors (Lipinski definition) is 5. The van der Waals surface area contributed by atoms with Gasteiger partial charge in [0.1, 0.15) is 11.6 Å². The van der Waals surface area contributed by atoms with Crippen LogP contribution >= 0.6 is 0 Å². The lowest BCUT2D eigenvalue weighted by atomic mass is 10.0. The zero-order chi connectivity index (χ0) is 25.1. The molecule has 5 rings (SSSR count). The second-order valence-electron chi connectivity index (χ2n) is 8.03. The number of halogens is 1. The van der Waals surface area contributed by atoms with E-state index in [9.17, 15) is 14.0 Å². The molecular weight excluding hydrogens is 447 g/mol. The van der Waals surface area contributed by atoms with Crippen LogP contribution in [0.4, 0.5) is 10.2 Å². The molecule has 0 unspecified atom stereocenters. The average molecular weight is 473 g/mol. The standard InChI is InChI=1S/C24H18FN5O2.C2H7N/c1-14-9-17(25)5-7-20(14)30-23-18-10-15(16-4-8-22(27-11-16)28-13-31)3-6-19(18)26-12-21(23)29(2)24(30)32;1-3-2/h3-13H,1-2H3,(H,27,28,31);3H,1-2H3. The van der Waals surface area contributed by atoms with Gasteiger partial charge in [0.05, 0.1) is 28.4 Å². The Hall–Kier alpha value is -4.37. The number of fused-ring (bicyclic) bond motifs is 3. The number of imidazole rings is 1. The SMILES string of the molecule is CNC.Cc1cc(F)ccc1-n1c(=O)n(C)c2cnc3ccc(-c4ccc(NC=O)nc4)cc3c21. The van der Waals surface area contributed by atoms with Crippen molar-refractivity contribution in [3.8, 4) is 16.8 Å². The van der Waals surface area contributed by atoms with Gasteiger partial charge in [-0.2, -0.15) is 0 Å². The van der Waals surface area contributed by atoms with Gasteiger partial charge >= 0.3 is 5.69 Å².